The van der Waals surface area contributed by atoms with Crippen LogP contribution in [0.1, 0.15) is 20.3 Å². The zero-order valence-electron chi connectivity index (χ0n) is 17.5. The molecule has 9 heteroatoms. The maximum Gasteiger partial charge on any atom is 0.229 e. The number of benzene rings is 2. The lowest BCUT2D eigenvalue weighted by Gasteiger charge is -2.24. The summed E-state index contributed by atoms with van der Waals surface area (Å²) >= 11 is 15.4. The van der Waals surface area contributed by atoms with E-state index in [1.165, 1.54) is 11.3 Å². The van der Waals surface area contributed by atoms with E-state index in [4.69, 9.17) is 28.2 Å². The van der Waals surface area contributed by atoms with E-state index in [2.05, 4.69) is 18.7 Å². The Bertz CT molecular complexity index is 978. The van der Waals surface area contributed by atoms with Crippen molar-refractivity contribution < 1.29 is 4.79 Å². The Hall–Kier alpha value is -1.02. The quantitative estimate of drug-likeness (QED) is 0.274. The van der Waals surface area contributed by atoms with Crippen LogP contribution in [0.4, 0.5) is 5.13 Å². The number of fused-ring (bicyclic) bond motifs is 1. The van der Waals surface area contributed by atoms with E-state index >= 15 is 0 Å². The Labute approximate surface area is 208 Å². The summed E-state index contributed by atoms with van der Waals surface area (Å²) in [5.74, 6) is 0.784. The number of anilines is 1. The monoisotopic (exact) mass is 517 g/mol. The molecular formula is C22H26Cl3N3OS2. The Kier molecular flexibility index (Phi) is 10.9. The molecule has 1 heterocycles. The van der Waals surface area contributed by atoms with Crippen LogP contribution in [0, 0.1) is 0 Å². The van der Waals surface area contributed by atoms with E-state index in [1.807, 2.05) is 47.4 Å². The SMILES string of the molecule is CCN(CC)CCN(C(=O)CCSc1ccc(Cl)cc1)c1nc2c(Cl)cccc2s1.Cl. The molecule has 1 amide bonds. The highest BCUT2D eigenvalue weighted by Gasteiger charge is 2.21. The average Bonchev–Trinajstić information content (AvgIpc) is 3.18. The van der Waals surface area contributed by atoms with Gasteiger partial charge in [0.1, 0.15) is 5.52 Å². The standard InChI is InChI=1S/C22H25Cl2N3OS2.ClH/c1-3-26(4-2)13-14-27(22-25-21-18(24)6-5-7-19(21)30-22)20(28)12-15-29-17-10-8-16(23)9-11-17;/h5-11H,3-4,12-15H2,1-2H3;1H. The second-order valence-electron chi connectivity index (χ2n) is 6.71. The van der Waals surface area contributed by atoms with Crippen molar-refractivity contribution in [3.05, 3.63) is 52.5 Å². The molecule has 0 radical (unpaired) electrons. The third-order valence-corrected chi connectivity index (χ3v) is 7.44. The molecule has 0 aliphatic carbocycles. The highest BCUT2D eigenvalue weighted by Crippen LogP contribution is 2.33. The number of thiazole rings is 1. The molecule has 0 saturated carbocycles. The van der Waals surface area contributed by atoms with Crippen molar-refractivity contribution >= 4 is 80.0 Å². The number of hydrogen-bond donors (Lipinski definition) is 0. The fourth-order valence-corrected chi connectivity index (χ4v) is 5.32. The largest absolute Gasteiger partial charge is 0.302 e. The van der Waals surface area contributed by atoms with Gasteiger partial charge in [-0.25, -0.2) is 4.98 Å². The summed E-state index contributed by atoms with van der Waals surface area (Å²) in [4.78, 5) is 23.1. The van der Waals surface area contributed by atoms with Crippen LogP contribution in [0.25, 0.3) is 10.2 Å². The summed E-state index contributed by atoms with van der Waals surface area (Å²) in [7, 11) is 0. The van der Waals surface area contributed by atoms with Gasteiger partial charge < -0.3 is 4.90 Å². The van der Waals surface area contributed by atoms with Crippen LogP contribution < -0.4 is 4.90 Å². The summed E-state index contributed by atoms with van der Waals surface area (Å²) in [6.45, 7) is 7.61. The number of hydrogen-bond acceptors (Lipinski definition) is 5. The fraction of sp³-hybridized carbons (Fsp3) is 0.364. The molecule has 31 heavy (non-hydrogen) atoms. The average molecular weight is 519 g/mol. The first kappa shape index (κ1) is 26.2. The van der Waals surface area contributed by atoms with Crippen molar-refractivity contribution in [3.63, 3.8) is 0 Å². The molecule has 0 N–H and O–H groups in total. The third-order valence-electron chi connectivity index (χ3n) is 4.82. The van der Waals surface area contributed by atoms with Crippen molar-refractivity contribution in [2.75, 3.05) is 36.8 Å². The Balaban J connectivity index is 0.00000341. The lowest BCUT2D eigenvalue weighted by molar-refractivity contribution is -0.118. The molecule has 0 unspecified atom stereocenters. The van der Waals surface area contributed by atoms with Gasteiger partial charge in [0.05, 0.1) is 9.72 Å². The number of carbonyl (C=O) groups is 1. The van der Waals surface area contributed by atoms with Crippen molar-refractivity contribution in [3.8, 4) is 0 Å². The molecule has 0 atom stereocenters. The van der Waals surface area contributed by atoms with Crippen molar-refractivity contribution in [1.82, 2.24) is 9.88 Å². The van der Waals surface area contributed by atoms with Crippen LogP contribution in [-0.4, -0.2) is 47.7 Å². The van der Waals surface area contributed by atoms with E-state index < -0.39 is 0 Å². The van der Waals surface area contributed by atoms with Gasteiger partial charge in [-0.05, 0) is 49.5 Å². The van der Waals surface area contributed by atoms with Gasteiger partial charge in [0, 0.05) is 35.2 Å². The number of nitrogens with zero attached hydrogens (tertiary/aromatic N) is 3. The zero-order chi connectivity index (χ0) is 21.5. The number of amides is 1. The van der Waals surface area contributed by atoms with Gasteiger partial charge in [-0.3, -0.25) is 9.69 Å². The maximum atomic E-state index is 13.1. The Morgan fingerprint density at radius 2 is 1.77 bits per heavy atom. The molecule has 2 aromatic carbocycles. The van der Waals surface area contributed by atoms with Crippen LogP contribution in [0.15, 0.2) is 47.4 Å². The van der Waals surface area contributed by atoms with Gasteiger partial charge in [-0.1, -0.05) is 54.5 Å². The number of carbonyl (C=O) groups excluding carboxylic acids is 1. The van der Waals surface area contributed by atoms with Gasteiger partial charge in [-0.15, -0.1) is 24.2 Å². The molecule has 0 saturated heterocycles. The summed E-state index contributed by atoms with van der Waals surface area (Å²) in [6.07, 6.45) is 0.440. The number of thioether (sulfide) groups is 1. The lowest BCUT2D eigenvalue weighted by atomic mass is 10.3. The van der Waals surface area contributed by atoms with E-state index in [0.717, 1.165) is 34.7 Å². The predicted octanol–water partition coefficient (Wildman–Crippen LogP) is 6.88. The lowest BCUT2D eigenvalue weighted by Crippen LogP contribution is -2.39. The van der Waals surface area contributed by atoms with Gasteiger partial charge in [-0.2, -0.15) is 0 Å². The molecule has 0 bridgehead atoms. The van der Waals surface area contributed by atoms with Crippen LogP contribution >= 0.6 is 58.7 Å². The molecule has 0 aliphatic heterocycles. The summed E-state index contributed by atoms with van der Waals surface area (Å²) < 4.78 is 0.994. The van der Waals surface area contributed by atoms with Crippen LogP contribution in [-0.2, 0) is 4.79 Å². The molecule has 0 aliphatic rings. The minimum Gasteiger partial charge on any atom is -0.302 e. The van der Waals surface area contributed by atoms with Crippen LogP contribution in [0.5, 0.6) is 0 Å². The van der Waals surface area contributed by atoms with E-state index in [-0.39, 0.29) is 18.3 Å². The zero-order valence-corrected chi connectivity index (χ0v) is 21.5. The maximum absolute atomic E-state index is 13.1. The van der Waals surface area contributed by atoms with Crippen molar-refractivity contribution in [2.24, 2.45) is 0 Å². The number of rotatable bonds is 10. The number of halogens is 3. The smallest absolute Gasteiger partial charge is 0.229 e. The topological polar surface area (TPSA) is 36.4 Å². The first-order valence-corrected chi connectivity index (χ1v) is 12.5. The fourth-order valence-electron chi connectivity index (χ4n) is 3.05. The second kappa shape index (κ2) is 12.9. The highest BCUT2D eigenvalue weighted by atomic mass is 35.5. The Morgan fingerprint density at radius 1 is 1.06 bits per heavy atom. The second-order valence-corrected chi connectivity index (χ2v) is 9.73. The summed E-state index contributed by atoms with van der Waals surface area (Å²) in [5.41, 5.74) is 0.760. The minimum absolute atomic E-state index is 0. The normalized spacial score (nSPS) is 11.0. The molecule has 3 aromatic rings. The Morgan fingerprint density at radius 3 is 2.42 bits per heavy atom. The van der Waals surface area contributed by atoms with Crippen LogP contribution in [0.3, 0.4) is 0 Å². The van der Waals surface area contributed by atoms with Gasteiger partial charge in [0.2, 0.25) is 5.91 Å². The van der Waals surface area contributed by atoms with E-state index in [1.54, 1.807) is 11.8 Å². The minimum atomic E-state index is 0. The molecular weight excluding hydrogens is 493 g/mol. The summed E-state index contributed by atoms with van der Waals surface area (Å²) in [5, 5.41) is 2.05. The molecule has 4 nitrogen and oxygen atoms in total. The molecule has 3 rings (SSSR count). The van der Waals surface area contributed by atoms with E-state index in [0.29, 0.717) is 33.9 Å². The van der Waals surface area contributed by atoms with Crippen molar-refractivity contribution in [2.45, 2.75) is 25.2 Å². The summed E-state index contributed by atoms with van der Waals surface area (Å²) in [6, 6.07) is 13.4. The third kappa shape index (κ3) is 7.24. The van der Waals surface area contributed by atoms with Gasteiger partial charge in [0.15, 0.2) is 5.13 Å². The molecule has 0 spiro atoms. The number of aromatic nitrogens is 1. The number of para-hydroxylation sites is 1. The predicted molar refractivity (Wildman–Crippen MR) is 139 cm³/mol. The first-order valence-electron chi connectivity index (χ1n) is 9.98. The highest BCUT2D eigenvalue weighted by molar-refractivity contribution is 7.99. The molecule has 0 fully saturated rings. The molecule has 168 valence electrons. The van der Waals surface area contributed by atoms with Crippen molar-refractivity contribution in [1.29, 1.82) is 0 Å². The number of likely N-dealkylation sites (N-methyl/N-ethyl adjacent to an activating group) is 1. The van der Waals surface area contributed by atoms with Crippen LogP contribution in [0.2, 0.25) is 10.0 Å². The van der Waals surface area contributed by atoms with Gasteiger partial charge in [0.25, 0.3) is 0 Å². The first-order chi connectivity index (χ1) is 14.5. The van der Waals surface area contributed by atoms with Gasteiger partial charge >= 0.3 is 0 Å². The van der Waals surface area contributed by atoms with E-state index in [9.17, 15) is 4.79 Å². The molecule has 1 aromatic heterocycles.